The second-order valence-electron chi connectivity index (χ2n) is 6.09. The third-order valence-corrected chi connectivity index (χ3v) is 2.55. The first kappa shape index (κ1) is 20.6. The van der Waals surface area contributed by atoms with E-state index in [1.165, 1.54) is 0 Å². The minimum atomic E-state index is -5.00. The highest BCUT2D eigenvalue weighted by molar-refractivity contribution is 5.96. The molecule has 5 nitrogen and oxygen atoms in total. The molecule has 0 aromatic heterocycles. The molecule has 2 amide bonds. The number of nitrogens with two attached hydrogens (primary N) is 1. The summed E-state index contributed by atoms with van der Waals surface area (Å²) in [7, 11) is 0. The summed E-state index contributed by atoms with van der Waals surface area (Å²) < 4.78 is 76.5. The van der Waals surface area contributed by atoms with Crippen molar-refractivity contribution in [3.05, 3.63) is 29.3 Å². The molecule has 1 rings (SSSR count). The molecule has 0 aliphatic rings. The van der Waals surface area contributed by atoms with Crippen LogP contribution in [0.25, 0.3) is 0 Å². The molecule has 0 saturated carbocycles. The van der Waals surface area contributed by atoms with E-state index in [1.807, 2.05) is 5.32 Å². The van der Waals surface area contributed by atoms with Gasteiger partial charge < -0.3 is 11.1 Å². The van der Waals surface area contributed by atoms with Crippen LogP contribution in [0.2, 0.25) is 0 Å². The topological polar surface area (TPSA) is 79.5 Å². The maximum Gasteiger partial charge on any atom is 0.416 e. The molecule has 11 heteroatoms. The molecular formula is C14H16F6N4O. The fourth-order valence-corrected chi connectivity index (χ4v) is 1.66. The van der Waals surface area contributed by atoms with Gasteiger partial charge in [0.1, 0.15) is 0 Å². The molecule has 0 bridgehead atoms. The number of carbonyl (C=O) groups excluding carboxylic acids is 1. The monoisotopic (exact) mass is 370 g/mol. The Bertz CT molecular complexity index is 641. The zero-order chi connectivity index (χ0) is 19.6. The van der Waals surface area contributed by atoms with Gasteiger partial charge in [-0.2, -0.15) is 26.3 Å². The van der Waals surface area contributed by atoms with E-state index in [-0.39, 0.29) is 6.07 Å². The van der Waals surface area contributed by atoms with Gasteiger partial charge in [0.25, 0.3) is 0 Å². The molecule has 0 radical (unpaired) electrons. The summed E-state index contributed by atoms with van der Waals surface area (Å²) in [6, 6.07) is -0.0528. The summed E-state index contributed by atoms with van der Waals surface area (Å²) in [5, 5.41) is 4.45. The van der Waals surface area contributed by atoms with Crippen molar-refractivity contribution in [2.45, 2.75) is 38.7 Å². The maximum absolute atomic E-state index is 12.7. The van der Waals surface area contributed by atoms with E-state index in [4.69, 9.17) is 5.73 Å². The second-order valence-corrected chi connectivity index (χ2v) is 6.09. The zero-order valence-corrected chi connectivity index (χ0v) is 13.4. The van der Waals surface area contributed by atoms with E-state index in [0.717, 1.165) is 0 Å². The predicted molar refractivity (Wildman–Crippen MR) is 79.1 cm³/mol. The highest BCUT2D eigenvalue weighted by Crippen LogP contribution is 2.38. The van der Waals surface area contributed by atoms with Gasteiger partial charge in [0.05, 0.1) is 16.8 Å². The van der Waals surface area contributed by atoms with Crippen LogP contribution in [0, 0.1) is 0 Å². The van der Waals surface area contributed by atoms with Gasteiger partial charge in [-0.15, -0.1) is 0 Å². The Morgan fingerprint density at radius 3 is 1.76 bits per heavy atom. The molecule has 0 fully saturated rings. The molecule has 0 aliphatic carbocycles. The van der Waals surface area contributed by atoms with Crippen molar-refractivity contribution in [1.29, 1.82) is 0 Å². The number of hydrogen-bond acceptors (Lipinski definition) is 2. The van der Waals surface area contributed by atoms with E-state index >= 15 is 0 Å². The Labute approximate surface area is 139 Å². The number of aliphatic imine (C=N–C) groups is 1. The standard InChI is InChI=1S/C14H16F6N4O/c1-12(2,3)24-11(25)23-10(21)22-9-5-7(13(15,16)17)4-8(6-9)14(18,19)20/h4-6H,1-3H3,(H4,21,22,23,24,25). The lowest BCUT2D eigenvalue weighted by Gasteiger charge is -2.20. The Morgan fingerprint density at radius 2 is 1.40 bits per heavy atom. The number of carbonyl (C=O) groups is 1. The lowest BCUT2D eigenvalue weighted by Crippen LogP contribution is -2.50. The summed E-state index contributed by atoms with van der Waals surface area (Å²) in [6.45, 7) is 4.97. The van der Waals surface area contributed by atoms with Crippen molar-refractivity contribution in [1.82, 2.24) is 10.6 Å². The molecule has 0 saturated heterocycles. The van der Waals surface area contributed by atoms with Crippen molar-refractivity contribution in [3.63, 3.8) is 0 Å². The normalized spacial score (nSPS) is 13.6. The number of urea groups is 1. The molecule has 0 aliphatic heterocycles. The molecular weight excluding hydrogens is 354 g/mol. The highest BCUT2D eigenvalue weighted by Gasteiger charge is 2.37. The van der Waals surface area contributed by atoms with Crippen molar-refractivity contribution in [2.75, 3.05) is 0 Å². The van der Waals surface area contributed by atoms with Gasteiger partial charge >= 0.3 is 18.4 Å². The summed E-state index contributed by atoms with van der Waals surface area (Å²) in [5.74, 6) is -0.658. The van der Waals surface area contributed by atoms with Gasteiger partial charge in [0.15, 0.2) is 0 Å². The fourth-order valence-electron chi connectivity index (χ4n) is 1.66. The van der Waals surface area contributed by atoms with Gasteiger partial charge in [-0.1, -0.05) is 0 Å². The quantitative estimate of drug-likeness (QED) is 0.400. The number of nitrogens with zero attached hydrogens (tertiary/aromatic N) is 1. The third kappa shape index (κ3) is 6.89. The highest BCUT2D eigenvalue weighted by atomic mass is 19.4. The van der Waals surface area contributed by atoms with Crippen LogP contribution in [0.15, 0.2) is 23.2 Å². The average molecular weight is 370 g/mol. The number of guanidine groups is 1. The zero-order valence-electron chi connectivity index (χ0n) is 13.4. The smallest absolute Gasteiger partial charge is 0.369 e. The van der Waals surface area contributed by atoms with Gasteiger partial charge in [-0.3, -0.25) is 5.32 Å². The van der Waals surface area contributed by atoms with Crippen LogP contribution in [0.5, 0.6) is 0 Å². The molecule has 0 unspecified atom stereocenters. The van der Waals surface area contributed by atoms with Crippen molar-refractivity contribution in [2.24, 2.45) is 10.7 Å². The van der Waals surface area contributed by atoms with Crippen LogP contribution in [0.1, 0.15) is 31.9 Å². The largest absolute Gasteiger partial charge is 0.416 e. The minimum absolute atomic E-state index is 0.0328. The molecule has 1 aromatic carbocycles. The van der Waals surface area contributed by atoms with E-state index in [9.17, 15) is 31.1 Å². The lowest BCUT2D eigenvalue weighted by molar-refractivity contribution is -0.143. The van der Waals surface area contributed by atoms with Crippen LogP contribution >= 0.6 is 0 Å². The lowest BCUT2D eigenvalue weighted by atomic mass is 10.1. The number of halogens is 6. The fraction of sp³-hybridized carbons (Fsp3) is 0.429. The number of amides is 2. The third-order valence-electron chi connectivity index (χ3n) is 2.55. The molecule has 0 spiro atoms. The molecule has 0 heterocycles. The molecule has 4 N–H and O–H groups in total. The molecule has 140 valence electrons. The number of benzene rings is 1. The Balaban J connectivity index is 3.17. The average Bonchev–Trinajstić information content (AvgIpc) is 2.33. The van der Waals surface area contributed by atoms with Crippen LogP contribution < -0.4 is 16.4 Å². The number of rotatable bonds is 1. The van der Waals surface area contributed by atoms with E-state index in [1.54, 1.807) is 20.8 Å². The minimum Gasteiger partial charge on any atom is -0.369 e. The first-order chi connectivity index (χ1) is 11.1. The predicted octanol–water partition coefficient (Wildman–Crippen LogP) is 3.77. The first-order valence-corrected chi connectivity index (χ1v) is 6.81. The summed E-state index contributed by atoms with van der Waals surface area (Å²) >= 11 is 0. The van der Waals surface area contributed by atoms with Crippen molar-refractivity contribution < 1.29 is 31.1 Å². The second kappa shape index (κ2) is 6.81. The number of nitrogens with one attached hydrogen (secondary N) is 2. The first-order valence-electron chi connectivity index (χ1n) is 6.81. The van der Waals surface area contributed by atoms with Gasteiger partial charge in [0.2, 0.25) is 5.96 Å². The number of hydrogen-bond donors (Lipinski definition) is 3. The van der Waals surface area contributed by atoms with Crippen LogP contribution in [0.4, 0.5) is 36.8 Å². The van der Waals surface area contributed by atoms with Crippen molar-refractivity contribution in [3.8, 4) is 0 Å². The van der Waals surface area contributed by atoms with Crippen LogP contribution in [-0.2, 0) is 12.4 Å². The summed E-state index contributed by atoms with van der Waals surface area (Å²) in [6.07, 6.45) is -10.0. The van der Waals surface area contributed by atoms with E-state index < -0.39 is 46.7 Å². The Morgan fingerprint density at radius 1 is 0.960 bits per heavy atom. The maximum atomic E-state index is 12.7. The SMILES string of the molecule is CC(C)(C)NC(=O)NC(N)=Nc1cc(C(F)(F)F)cc(C(F)(F)F)c1. The van der Waals surface area contributed by atoms with Crippen LogP contribution in [0.3, 0.4) is 0 Å². The van der Waals surface area contributed by atoms with Crippen LogP contribution in [-0.4, -0.2) is 17.5 Å². The Hall–Kier alpha value is -2.46. The van der Waals surface area contributed by atoms with E-state index in [2.05, 4.69) is 10.3 Å². The van der Waals surface area contributed by atoms with E-state index in [0.29, 0.717) is 12.1 Å². The van der Waals surface area contributed by atoms with Gasteiger partial charge in [-0.25, -0.2) is 9.79 Å². The van der Waals surface area contributed by atoms with Crippen molar-refractivity contribution >= 4 is 17.7 Å². The summed E-state index contributed by atoms with van der Waals surface area (Å²) in [4.78, 5) is 15.0. The molecule has 25 heavy (non-hydrogen) atoms. The summed E-state index contributed by atoms with van der Waals surface area (Å²) in [5.41, 5.74) is 0.958. The van der Waals surface area contributed by atoms with Gasteiger partial charge in [-0.05, 0) is 39.0 Å². The van der Waals surface area contributed by atoms with Gasteiger partial charge in [0, 0.05) is 5.54 Å². The molecule has 0 atom stereocenters. The number of alkyl halides is 6. The molecule has 1 aromatic rings. The Kier molecular flexibility index (Phi) is 5.60.